The molecule has 3 aromatic carbocycles. The van der Waals surface area contributed by atoms with Crippen molar-refractivity contribution in [1.82, 2.24) is 9.91 Å². The van der Waals surface area contributed by atoms with Crippen molar-refractivity contribution in [3.8, 4) is 0 Å². The number of halogens is 2. The molecule has 1 atom stereocenters. The highest BCUT2D eigenvalue weighted by Gasteiger charge is 2.35. The van der Waals surface area contributed by atoms with E-state index in [-0.39, 0.29) is 37.6 Å². The number of nitrogens with zero attached hydrogens (tertiary/aromatic N) is 3. The van der Waals surface area contributed by atoms with E-state index in [1.807, 2.05) is 49.4 Å². The molecule has 0 unspecified atom stereocenters. The maximum Gasteiger partial charge on any atom is 0.262 e. The first-order valence-corrected chi connectivity index (χ1v) is 12.4. The quantitative estimate of drug-likeness (QED) is 0.376. The summed E-state index contributed by atoms with van der Waals surface area (Å²) in [5.74, 6) is -0.647. The molecule has 3 aromatic rings. The molecule has 0 radical (unpaired) electrons. The molecule has 0 saturated heterocycles. The van der Waals surface area contributed by atoms with Gasteiger partial charge in [-0.2, -0.15) is 5.10 Å². The van der Waals surface area contributed by atoms with E-state index < -0.39 is 0 Å². The van der Waals surface area contributed by atoms with Gasteiger partial charge in [-0.25, -0.2) is 5.01 Å². The Bertz CT molecular complexity index is 1280. The fourth-order valence-corrected chi connectivity index (χ4v) is 4.60. The molecule has 0 aromatic heterocycles. The number of benzene rings is 3. The van der Waals surface area contributed by atoms with Crippen molar-refractivity contribution >= 4 is 40.7 Å². The van der Waals surface area contributed by atoms with Crippen LogP contribution in [0.3, 0.4) is 0 Å². The van der Waals surface area contributed by atoms with Crippen molar-refractivity contribution < 1.29 is 14.3 Å². The molecular weight excluding hydrogens is 497 g/mol. The average molecular weight is 524 g/mol. The van der Waals surface area contributed by atoms with Gasteiger partial charge in [0.25, 0.3) is 11.8 Å². The molecular formula is C28H27Cl2N3O3. The normalized spacial score (nSPS) is 15.1. The van der Waals surface area contributed by atoms with E-state index in [0.29, 0.717) is 22.0 Å². The van der Waals surface area contributed by atoms with E-state index in [2.05, 4.69) is 0 Å². The Morgan fingerprint density at radius 3 is 2.33 bits per heavy atom. The minimum absolute atomic E-state index is 0.172. The second-order valence-corrected chi connectivity index (χ2v) is 9.41. The topological polar surface area (TPSA) is 62.2 Å². The largest absolute Gasteiger partial charge is 0.383 e. The van der Waals surface area contributed by atoms with E-state index in [9.17, 15) is 9.59 Å². The molecule has 0 fully saturated rings. The van der Waals surface area contributed by atoms with Crippen LogP contribution >= 0.6 is 23.2 Å². The highest BCUT2D eigenvalue weighted by Crippen LogP contribution is 2.34. The summed E-state index contributed by atoms with van der Waals surface area (Å²) >= 11 is 12.7. The molecule has 2 amide bonds. The number of hydrazone groups is 1. The van der Waals surface area contributed by atoms with Gasteiger partial charge in [0.1, 0.15) is 6.54 Å². The van der Waals surface area contributed by atoms with Crippen molar-refractivity contribution in [1.29, 1.82) is 0 Å². The highest BCUT2D eigenvalue weighted by atomic mass is 35.5. The molecule has 4 rings (SSSR count). The Morgan fingerprint density at radius 1 is 1.00 bits per heavy atom. The summed E-state index contributed by atoms with van der Waals surface area (Å²) in [5, 5.41) is 7.08. The molecule has 8 heteroatoms. The number of amides is 2. The fourth-order valence-electron chi connectivity index (χ4n) is 4.14. The summed E-state index contributed by atoms with van der Waals surface area (Å²) in [5.41, 5.74) is 3.92. The molecule has 6 nitrogen and oxygen atoms in total. The van der Waals surface area contributed by atoms with Gasteiger partial charge in [-0.05, 0) is 30.7 Å². The summed E-state index contributed by atoms with van der Waals surface area (Å²) < 4.78 is 5.19. The summed E-state index contributed by atoms with van der Waals surface area (Å²) in [6, 6.07) is 22.0. The average Bonchev–Trinajstić information content (AvgIpc) is 3.32. The van der Waals surface area contributed by atoms with Gasteiger partial charge in [0.15, 0.2) is 0 Å². The molecule has 0 saturated carbocycles. The Labute approximate surface area is 221 Å². The lowest BCUT2D eigenvalue weighted by molar-refractivity contribution is -0.133. The maximum absolute atomic E-state index is 13.7. The summed E-state index contributed by atoms with van der Waals surface area (Å²) in [7, 11) is 1.55. The zero-order valence-electron chi connectivity index (χ0n) is 20.2. The maximum atomic E-state index is 13.7. The van der Waals surface area contributed by atoms with Crippen molar-refractivity contribution in [3.63, 3.8) is 0 Å². The van der Waals surface area contributed by atoms with Gasteiger partial charge in [-0.3, -0.25) is 9.59 Å². The number of hydrogen-bond acceptors (Lipinski definition) is 4. The Balaban J connectivity index is 1.65. The van der Waals surface area contributed by atoms with Gasteiger partial charge in [-0.15, -0.1) is 0 Å². The standard InChI is InChI=1S/C28H27Cl2N3O3/c1-19-11-13-20(14-12-19)26-17-25(21-7-3-5-9-23(21)29)31-33(26)27(34)18-32(15-16-36-2)28(35)22-8-4-6-10-24(22)30/h3-14,26H,15-18H2,1-2H3/t26-/m0/s1. The van der Waals surface area contributed by atoms with Crippen molar-refractivity contribution in [2.24, 2.45) is 5.10 Å². The van der Waals surface area contributed by atoms with Crippen LogP contribution in [-0.4, -0.2) is 54.2 Å². The molecule has 0 aliphatic carbocycles. The summed E-state index contributed by atoms with van der Waals surface area (Å²) in [6.07, 6.45) is 0.509. The minimum Gasteiger partial charge on any atom is -0.383 e. The summed E-state index contributed by atoms with van der Waals surface area (Å²) in [6.45, 7) is 2.35. The SMILES string of the molecule is COCCN(CC(=O)N1N=C(c2ccccc2Cl)C[C@H]1c1ccc(C)cc1)C(=O)c1ccccc1Cl. The number of carbonyl (C=O) groups is 2. The lowest BCUT2D eigenvalue weighted by Crippen LogP contribution is -2.42. The van der Waals surface area contributed by atoms with E-state index in [1.165, 1.54) is 9.91 Å². The lowest BCUT2D eigenvalue weighted by atomic mass is 9.97. The van der Waals surface area contributed by atoms with Crippen LogP contribution < -0.4 is 0 Å². The fraction of sp³-hybridized carbons (Fsp3) is 0.250. The zero-order chi connectivity index (χ0) is 25.7. The minimum atomic E-state index is -0.340. The lowest BCUT2D eigenvalue weighted by Gasteiger charge is -2.27. The first-order chi connectivity index (χ1) is 17.4. The van der Waals surface area contributed by atoms with E-state index in [0.717, 1.165) is 22.4 Å². The number of hydrogen-bond donors (Lipinski definition) is 0. The highest BCUT2D eigenvalue weighted by molar-refractivity contribution is 6.34. The van der Waals surface area contributed by atoms with Crippen LogP contribution in [0.5, 0.6) is 0 Å². The zero-order valence-corrected chi connectivity index (χ0v) is 21.7. The second kappa shape index (κ2) is 11.7. The summed E-state index contributed by atoms with van der Waals surface area (Å²) in [4.78, 5) is 28.4. The van der Waals surface area contributed by atoms with Crippen LogP contribution in [0.2, 0.25) is 10.0 Å². The third kappa shape index (κ3) is 5.78. The molecule has 0 N–H and O–H groups in total. The van der Waals surface area contributed by atoms with Crippen LogP contribution in [0.25, 0.3) is 0 Å². The van der Waals surface area contributed by atoms with E-state index >= 15 is 0 Å². The van der Waals surface area contributed by atoms with Crippen LogP contribution in [0.1, 0.15) is 39.5 Å². The predicted molar refractivity (Wildman–Crippen MR) is 143 cm³/mol. The number of ether oxygens (including phenoxy) is 1. The number of aryl methyl sites for hydroxylation is 1. The van der Waals surface area contributed by atoms with Crippen molar-refractivity contribution in [2.75, 3.05) is 26.8 Å². The Kier molecular flexibility index (Phi) is 8.41. The van der Waals surface area contributed by atoms with Gasteiger partial charge in [-0.1, -0.05) is 83.4 Å². The van der Waals surface area contributed by atoms with E-state index in [1.54, 1.807) is 37.4 Å². The van der Waals surface area contributed by atoms with Gasteiger partial charge in [0.2, 0.25) is 0 Å². The van der Waals surface area contributed by atoms with Gasteiger partial charge < -0.3 is 9.64 Å². The van der Waals surface area contributed by atoms with Gasteiger partial charge in [0.05, 0.1) is 28.9 Å². The first kappa shape index (κ1) is 25.9. The van der Waals surface area contributed by atoms with Crippen molar-refractivity contribution in [2.45, 2.75) is 19.4 Å². The second-order valence-electron chi connectivity index (χ2n) is 8.59. The molecule has 0 bridgehead atoms. The number of rotatable bonds is 8. The number of methoxy groups -OCH3 is 1. The first-order valence-electron chi connectivity index (χ1n) is 11.6. The molecule has 1 heterocycles. The van der Waals surface area contributed by atoms with Gasteiger partial charge >= 0.3 is 0 Å². The molecule has 186 valence electrons. The van der Waals surface area contributed by atoms with Crippen LogP contribution in [0, 0.1) is 6.92 Å². The van der Waals surface area contributed by atoms with Crippen LogP contribution in [-0.2, 0) is 9.53 Å². The van der Waals surface area contributed by atoms with Crippen LogP contribution in [0.15, 0.2) is 77.9 Å². The Morgan fingerprint density at radius 2 is 1.67 bits per heavy atom. The molecule has 1 aliphatic rings. The van der Waals surface area contributed by atoms with E-state index in [4.69, 9.17) is 33.0 Å². The monoisotopic (exact) mass is 523 g/mol. The molecule has 36 heavy (non-hydrogen) atoms. The van der Waals surface area contributed by atoms with Crippen LogP contribution in [0.4, 0.5) is 0 Å². The number of carbonyl (C=O) groups excluding carboxylic acids is 2. The third-order valence-corrected chi connectivity index (χ3v) is 6.75. The molecule has 0 spiro atoms. The Hall–Kier alpha value is -3.19. The predicted octanol–water partition coefficient (Wildman–Crippen LogP) is 5.77. The molecule has 1 aliphatic heterocycles. The van der Waals surface area contributed by atoms with Crippen molar-refractivity contribution in [3.05, 3.63) is 105 Å². The third-order valence-electron chi connectivity index (χ3n) is 6.10. The smallest absolute Gasteiger partial charge is 0.262 e. The van der Waals surface area contributed by atoms with Gasteiger partial charge in [0, 0.05) is 30.7 Å².